The van der Waals surface area contributed by atoms with Crippen LogP contribution >= 0.6 is 0 Å². The van der Waals surface area contributed by atoms with Crippen molar-refractivity contribution >= 4 is 11.9 Å². The minimum absolute atomic E-state index is 0.00633. The third-order valence-electron chi connectivity index (χ3n) is 15.8. The van der Waals surface area contributed by atoms with E-state index in [0.717, 1.165) is 51.4 Å². The zero-order chi connectivity index (χ0) is 53.6. The molecule has 0 radical (unpaired) electrons. The van der Waals surface area contributed by atoms with Gasteiger partial charge in [-0.15, -0.1) is 0 Å². The van der Waals surface area contributed by atoms with Gasteiger partial charge in [-0.3, -0.25) is 9.59 Å². The molecule has 1 amide bonds. The second-order valence-electron chi connectivity index (χ2n) is 23.2. The summed E-state index contributed by atoms with van der Waals surface area (Å²) in [6, 6.07) is -0.537. The van der Waals surface area contributed by atoms with Gasteiger partial charge in [0, 0.05) is 12.8 Å². The van der Waals surface area contributed by atoms with Crippen LogP contribution in [0.15, 0.2) is 24.3 Å². The summed E-state index contributed by atoms with van der Waals surface area (Å²) in [7, 11) is 0. The first kappa shape index (κ1) is 72.3. The second kappa shape index (κ2) is 63.9. The molecule has 0 rings (SSSR count). The molecule has 6 nitrogen and oxygen atoms in total. The topological polar surface area (TPSA) is 95.9 Å². The van der Waals surface area contributed by atoms with E-state index in [0.29, 0.717) is 25.9 Å². The van der Waals surface area contributed by atoms with Gasteiger partial charge in [-0.1, -0.05) is 334 Å². The molecule has 74 heavy (non-hydrogen) atoms. The lowest BCUT2D eigenvalue weighted by molar-refractivity contribution is -0.143. The van der Waals surface area contributed by atoms with E-state index in [9.17, 15) is 19.8 Å². The summed E-state index contributed by atoms with van der Waals surface area (Å²) >= 11 is 0. The predicted octanol–water partition coefficient (Wildman–Crippen LogP) is 21.4. The number of rotatable bonds is 63. The van der Waals surface area contributed by atoms with Crippen LogP contribution in [-0.2, 0) is 14.3 Å². The van der Waals surface area contributed by atoms with Gasteiger partial charge in [0.2, 0.25) is 5.91 Å². The Labute approximate surface area is 462 Å². The highest BCUT2D eigenvalue weighted by Gasteiger charge is 2.20. The van der Waals surface area contributed by atoms with Crippen LogP contribution in [0.4, 0.5) is 0 Å². The number of hydrogen-bond acceptors (Lipinski definition) is 5. The van der Waals surface area contributed by atoms with Gasteiger partial charge in [-0.25, -0.2) is 0 Å². The van der Waals surface area contributed by atoms with E-state index >= 15 is 0 Å². The van der Waals surface area contributed by atoms with Crippen LogP contribution in [0.5, 0.6) is 0 Å². The molecule has 3 N–H and O–H groups in total. The lowest BCUT2D eigenvalue weighted by Gasteiger charge is -2.22. The fourth-order valence-electron chi connectivity index (χ4n) is 10.6. The van der Waals surface area contributed by atoms with Gasteiger partial charge in [-0.2, -0.15) is 0 Å². The Balaban J connectivity index is 3.31. The first-order valence-corrected chi connectivity index (χ1v) is 33.6. The summed E-state index contributed by atoms with van der Waals surface area (Å²) in [6.07, 6.45) is 79.4. The van der Waals surface area contributed by atoms with Gasteiger partial charge in [-0.05, 0) is 51.4 Å². The van der Waals surface area contributed by atoms with Crippen LogP contribution in [0.3, 0.4) is 0 Å². The van der Waals surface area contributed by atoms with Crippen molar-refractivity contribution in [3.05, 3.63) is 24.3 Å². The number of carbonyl (C=O) groups excluding carboxylic acids is 2. The van der Waals surface area contributed by atoms with Gasteiger partial charge < -0.3 is 20.3 Å². The summed E-state index contributed by atoms with van der Waals surface area (Å²) in [5.74, 6) is -0.0232. The van der Waals surface area contributed by atoms with Crippen LogP contribution in [0.2, 0.25) is 0 Å². The second-order valence-corrected chi connectivity index (χ2v) is 23.2. The Hall–Kier alpha value is -1.66. The van der Waals surface area contributed by atoms with Gasteiger partial charge in [0.25, 0.3) is 0 Å². The van der Waals surface area contributed by atoms with Gasteiger partial charge >= 0.3 is 5.97 Å². The SMILES string of the molecule is CCCC/C=C\C/C=C\CCCCCCCC(=O)OCCCCCCCCCCCCCCCCCCCCCCCCCCCCCCCCCC(=O)NC(CO)C(O)CCCCCCCCCCCCCC. The van der Waals surface area contributed by atoms with Crippen molar-refractivity contribution < 1.29 is 24.5 Å². The number of nitrogens with one attached hydrogen (secondary N) is 1. The Kier molecular flexibility index (Phi) is 62.4. The van der Waals surface area contributed by atoms with E-state index in [2.05, 4.69) is 43.5 Å². The maximum Gasteiger partial charge on any atom is 0.305 e. The van der Waals surface area contributed by atoms with Crippen molar-refractivity contribution in [2.75, 3.05) is 13.2 Å². The Bertz CT molecular complexity index is 1150. The monoisotopic (exact) mass is 1040 g/mol. The first-order valence-electron chi connectivity index (χ1n) is 33.6. The molecule has 6 heteroatoms. The quantitative estimate of drug-likeness (QED) is 0.0320. The highest BCUT2D eigenvalue weighted by atomic mass is 16.5. The number of unbranched alkanes of at least 4 members (excludes halogenated alkanes) is 48. The number of esters is 1. The maximum absolute atomic E-state index is 12.5. The molecule has 0 aliphatic rings. The summed E-state index contributed by atoms with van der Waals surface area (Å²) in [5, 5.41) is 23.2. The number of carbonyl (C=O) groups is 2. The fourth-order valence-corrected chi connectivity index (χ4v) is 10.6. The highest BCUT2D eigenvalue weighted by Crippen LogP contribution is 2.19. The van der Waals surface area contributed by atoms with E-state index in [-0.39, 0.29) is 18.5 Å². The van der Waals surface area contributed by atoms with Crippen LogP contribution in [0.1, 0.15) is 373 Å². The molecule has 438 valence electrons. The minimum Gasteiger partial charge on any atom is -0.466 e. The zero-order valence-corrected chi connectivity index (χ0v) is 50.1. The van der Waals surface area contributed by atoms with E-state index < -0.39 is 12.1 Å². The molecule has 0 aromatic carbocycles. The number of amides is 1. The molecule has 0 aromatic rings. The first-order chi connectivity index (χ1) is 36.5. The molecular formula is C68H131NO5. The Morgan fingerprint density at radius 3 is 1.07 bits per heavy atom. The molecule has 0 fully saturated rings. The molecule has 2 atom stereocenters. The zero-order valence-electron chi connectivity index (χ0n) is 50.1. The maximum atomic E-state index is 12.5. The number of allylic oxidation sites excluding steroid dienone is 4. The lowest BCUT2D eigenvalue weighted by Crippen LogP contribution is -2.45. The molecule has 0 aliphatic heterocycles. The standard InChI is InChI=1S/C68H131NO5/c1-3-5-7-9-11-13-15-17-38-42-46-50-54-58-62-68(73)74-63-59-55-51-47-43-39-36-34-32-30-28-26-24-22-20-18-19-21-23-25-27-29-31-33-35-37-41-45-49-53-57-61-67(72)69-65(64-70)66(71)60-56-52-48-44-40-16-14-12-10-8-6-4-2/h9,11,15,17,65-66,70-71H,3-8,10,12-14,16,18-64H2,1-2H3,(H,69,72)/b11-9-,17-15-. The number of hydrogen-bond donors (Lipinski definition) is 3. The fraction of sp³-hybridized carbons (Fsp3) is 0.912. The van der Waals surface area contributed by atoms with Crippen molar-refractivity contribution in [1.29, 1.82) is 0 Å². The molecule has 0 bridgehead atoms. The van der Waals surface area contributed by atoms with E-state index in [1.165, 1.54) is 289 Å². The molecule has 0 saturated carbocycles. The molecule has 0 heterocycles. The molecule has 0 aliphatic carbocycles. The van der Waals surface area contributed by atoms with Crippen molar-refractivity contribution in [1.82, 2.24) is 5.32 Å². The highest BCUT2D eigenvalue weighted by molar-refractivity contribution is 5.76. The number of aliphatic hydroxyl groups is 2. The normalized spacial score (nSPS) is 12.6. The molecule has 2 unspecified atom stereocenters. The van der Waals surface area contributed by atoms with Crippen LogP contribution in [0.25, 0.3) is 0 Å². The van der Waals surface area contributed by atoms with Crippen molar-refractivity contribution in [3.63, 3.8) is 0 Å². The third kappa shape index (κ3) is 59.6. The van der Waals surface area contributed by atoms with E-state index in [4.69, 9.17) is 4.74 Å². The van der Waals surface area contributed by atoms with Gasteiger partial charge in [0.05, 0.1) is 25.4 Å². The third-order valence-corrected chi connectivity index (χ3v) is 15.8. The van der Waals surface area contributed by atoms with Crippen molar-refractivity contribution in [2.24, 2.45) is 0 Å². The Morgan fingerprint density at radius 1 is 0.378 bits per heavy atom. The van der Waals surface area contributed by atoms with Crippen molar-refractivity contribution in [3.8, 4) is 0 Å². The average molecular weight is 1040 g/mol. The summed E-state index contributed by atoms with van der Waals surface area (Å²) in [6.45, 7) is 4.93. The van der Waals surface area contributed by atoms with E-state index in [1.807, 2.05) is 0 Å². The summed E-state index contributed by atoms with van der Waals surface area (Å²) < 4.78 is 5.48. The van der Waals surface area contributed by atoms with Crippen LogP contribution < -0.4 is 5.32 Å². The predicted molar refractivity (Wildman–Crippen MR) is 324 cm³/mol. The van der Waals surface area contributed by atoms with Gasteiger partial charge in [0.15, 0.2) is 0 Å². The van der Waals surface area contributed by atoms with Crippen LogP contribution in [-0.4, -0.2) is 47.4 Å². The summed E-state index contributed by atoms with van der Waals surface area (Å²) in [5.41, 5.74) is 0. The average Bonchev–Trinajstić information content (AvgIpc) is 3.40. The molecule has 0 saturated heterocycles. The smallest absolute Gasteiger partial charge is 0.305 e. The molecular weight excluding hydrogens is 911 g/mol. The minimum atomic E-state index is -0.660. The number of aliphatic hydroxyl groups excluding tert-OH is 2. The number of ether oxygens (including phenoxy) is 1. The van der Waals surface area contributed by atoms with E-state index in [1.54, 1.807) is 0 Å². The molecule has 0 spiro atoms. The van der Waals surface area contributed by atoms with Gasteiger partial charge in [0.1, 0.15) is 0 Å². The van der Waals surface area contributed by atoms with Crippen molar-refractivity contribution in [2.45, 2.75) is 386 Å². The molecule has 0 aromatic heterocycles. The lowest BCUT2D eigenvalue weighted by atomic mass is 10.0. The summed E-state index contributed by atoms with van der Waals surface area (Å²) in [4.78, 5) is 24.5. The largest absolute Gasteiger partial charge is 0.466 e. The van der Waals surface area contributed by atoms with Crippen LogP contribution in [0, 0.1) is 0 Å². The Morgan fingerprint density at radius 2 is 0.689 bits per heavy atom.